The zero-order valence-corrected chi connectivity index (χ0v) is 18.1. The van der Waals surface area contributed by atoms with Gasteiger partial charge in [-0.3, -0.25) is 4.79 Å². The van der Waals surface area contributed by atoms with Gasteiger partial charge in [0, 0.05) is 27.4 Å². The summed E-state index contributed by atoms with van der Waals surface area (Å²) in [6.45, 7) is 2.92. The number of carbonyl (C=O) groups excluding carboxylic acids is 1. The van der Waals surface area contributed by atoms with Crippen molar-refractivity contribution in [2.75, 3.05) is 0 Å². The van der Waals surface area contributed by atoms with Crippen molar-refractivity contribution in [3.63, 3.8) is 0 Å². The first kappa shape index (κ1) is 19.7. The van der Waals surface area contributed by atoms with E-state index in [0.29, 0.717) is 12.1 Å². The fourth-order valence-corrected chi connectivity index (χ4v) is 4.41. The van der Waals surface area contributed by atoms with E-state index in [0.717, 1.165) is 32.7 Å². The molecule has 0 aliphatic carbocycles. The number of aromatic nitrogens is 1. The highest BCUT2D eigenvalue weighted by atomic mass is 79.9. The van der Waals surface area contributed by atoms with E-state index in [1.165, 1.54) is 30.4 Å². The number of hydrogen-bond acceptors (Lipinski definition) is 1. The van der Waals surface area contributed by atoms with Gasteiger partial charge >= 0.3 is 0 Å². The molecule has 0 fully saturated rings. The van der Waals surface area contributed by atoms with Gasteiger partial charge in [-0.1, -0.05) is 66.0 Å². The van der Waals surface area contributed by atoms with Crippen LogP contribution < -0.4 is 5.73 Å². The van der Waals surface area contributed by atoms with Gasteiger partial charge in [0.15, 0.2) is 0 Å². The van der Waals surface area contributed by atoms with Crippen molar-refractivity contribution in [3.05, 3.63) is 81.8 Å². The second kappa shape index (κ2) is 8.42. The molecule has 4 rings (SSSR count). The molecule has 4 heteroatoms. The Bertz CT molecular complexity index is 1190. The minimum atomic E-state index is -0.407. The normalized spacial score (nSPS) is 11.4. The average molecular weight is 448 g/mol. The fourth-order valence-electron chi connectivity index (χ4n) is 4.00. The first-order chi connectivity index (χ1) is 14.1. The number of unbranched alkanes of at least 4 members (excludes halogenated alkanes) is 2. The molecular formula is C25H24BrN2O. The second-order valence-corrected chi connectivity index (χ2v) is 8.32. The van der Waals surface area contributed by atoms with Crippen LogP contribution >= 0.6 is 15.9 Å². The number of hydrogen-bond donors (Lipinski definition) is 1. The average Bonchev–Trinajstić information content (AvgIpc) is 3.03. The minimum Gasteiger partial charge on any atom is -0.366 e. The van der Waals surface area contributed by atoms with Crippen LogP contribution in [0.4, 0.5) is 0 Å². The van der Waals surface area contributed by atoms with Crippen molar-refractivity contribution in [2.24, 2.45) is 5.73 Å². The smallest absolute Gasteiger partial charge is 0.249 e. The standard InChI is InChI=1S/C25H24BrN2O/c1-2-3-4-8-17-13-14-19-23(15-17)28(16-18-9-5-6-11-21(18)26)22-12-7-10-20(24(19)22)25(27)29/h5-7,9-13,15H,2-4,8,16H2,1H3,(H2,27,29). The van der Waals surface area contributed by atoms with Gasteiger partial charge in [-0.2, -0.15) is 0 Å². The molecule has 0 bridgehead atoms. The third-order valence-electron chi connectivity index (χ3n) is 5.47. The summed E-state index contributed by atoms with van der Waals surface area (Å²) in [6.07, 6.45) is 4.65. The summed E-state index contributed by atoms with van der Waals surface area (Å²) in [7, 11) is 0. The maximum atomic E-state index is 12.1. The lowest BCUT2D eigenvalue weighted by Crippen LogP contribution is -2.11. The number of nitrogens with two attached hydrogens (primary N) is 1. The number of amides is 1. The maximum absolute atomic E-state index is 12.1. The van der Waals surface area contributed by atoms with Crippen LogP contribution in [0.1, 0.15) is 47.7 Å². The van der Waals surface area contributed by atoms with Gasteiger partial charge < -0.3 is 10.3 Å². The van der Waals surface area contributed by atoms with Crippen molar-refractivity contribution in [1.29, 1.82) is 0 Å². The first-order valence-electron chi connectivity index (χ1n) is 10.1. The third-order valence-corrected chi connectivity index (χ3v) is 6.25. The van der Waals surface area contributed by atoms with E-state index in [1.807, 2.05) is 18.2 Å². The van der Waals surface area contributed by atoms with E-state index < -0.39 is 5.91 Å². The van der Waals surface area contributed by atoms with E-state index in [1.54, 1.807) is 6.07 Å². The second-order valence-electron chi connectivity index (χ2n) is 7.47. The van der Waals surface area contributed by atoms with E-state index in [-0.39, 0.29) is 0 Å². The summed E-state index contributed by atoms with van der Waals surface area (Å²) in [4.78, 5) is 12.1. The number of nitrogens with zero attached hydrogens (tertiary/aromatic N) is 1. The number of carbonyl (C=O) groups is 1. The minimum absolute atomic E-state index is 0.407. The Morgan fingerprint density at radius 2 is 1.93 bits per heavy atom. The highest BCUT2D eigenvalue weighted by Gasteiger charge is 2.17. The van der Waals surface area contributed by atoms with Gasteiger partial charge in [0.05, 0.1) is 11.0 Å². The number of aryl methyl sites for hydroxylation is 1. The van der Waals surface area contributed by atoms with Gasteiger partial charge in [0.2, 0.25) is 5.91 Å². The topological polar surface area (TPSA) is 48.0 Å². The first-order valence-corrected chi connectivity index (χ1v) is 10.9. The molecule has 4 aromatic rings. The molecule has 147 valence electrons. The maximum Gasteiger partial charge on any atom is 0.249 e. The van der Waals surface area contributed by atoms with Crippen LogP contribution in [0.3, 0.4) is 0 Å². The molecule has 29 heavy (non-hydrogen) atoms. The van der Waals surface area contributed by atoms with E-state index in [9.17, 15) is 4.79 Å². The quantitative estimate of drug-likeness (QED) is 0.335. The van der Waals surface area contributed by atoms with E-state index in [4.69, 9.17) is 5.73 Å². The van der Waals surface area contributed by atoms with Crippen molar-refractivity contribution < 1.29 is 4.79 Å². The molecule has 0 atom stereocenters. The number of benzene rings is 3. The summed E-state index contributed by atoms with van der Waals surface area (Å²) in [5.74, 6) is -0.407. The Morgan fingerprint density at radius 3 is 2.69 bits per heavy atom. The van der Waals surface area contributed by atoms with Crippen LogP contribution in [0.2, 0.25) is 0 Å². The Balaban J connectivity index is 1.94. The van der Waals surface area contributed by atoms with Crippen LogP contribution in [0, 0.1) is 6.07 Å². The number of fused-ring (bicyclic) bond motifs is 3. The van der Waals surface area contributed by atoms with Crippen LogP contribution in [-0.4, -0.2) is 10.5 Å². The van der Waals surface area contributed by atoms with Crippen molar-refractivity contribution in [1.82, 2.24) is 4.57 Å². The summed E-state index contributed by atoms with van der Waals surface area (Å²) in [5, 5.41) is 1.85. The zero-order chi connectivity index (χ0) is 20.4. The SMILES string of the molecule is CCCCCc1c[c]c2c3c(C(N)=O)cccc3n(Cc3ccccc3Br)c2c1. The monoisotopic (exact) mass is 447 g/mol. The lowest BCUT2D eigenvalue weighted by Gasteiger charge is -2.10. The Hall–Kier alpha value is -2.59. The molecule has 3 nitrogen and oxygen atoms in total. The van der Waals surface area contributed by atoms with Crippen LogP contribution in [-0.2, 0) is 13.0 Å². The Labute approximate surface area is 179 Å². The molecule has 0 saturated heterocycles. The Morgan fingerprint density at radius 1 is 1.10 bits per heavy atom. The van der Waals surface area contributed by atoms with Crippen LogP contribution in [0.25, 0.3) is 21.8 Å². The molecular weight excluding hydrogens is 424 g/mol. The molecule has 0 aliphatic rings. The highest BCUT2D eigenvalue weighted by Crippen LogP contribution is 2.33. The van der Waals surface area contributed by atoms with Crippen molar-refractivity contribution in [3.8, 4) is 0 Å². The number of primary amides is 1. The van der Waals surface area contributed by atoms with Gasteiger partial charge in [-0.15, -0.1) is 0 Å². The summed E-state index contributed by atoms with van der Waals surface area (Å²) >= 11 is 3.67. The van der Waals surface area contributed by atoms with Crippen molar-refractivity contribution in [2.45, 2.75) is 39.2 Å². The summed E-state index contributed by atoms with van der Waals surface area (Å²) < 4.78 is 3.35. The number of rotatable bonds is 7. The molecule has 0 aliphatic heterocycles. The van der Waals surface area contributed by atoms with Gasteiger partial charge in [0.1, 0.15) is 0 Å². The number of halogens is 1. The lowest BCUT2D eigenvalue weighted by molar-refractivity contribution is 0.100. The molecule has 1 aromatic heterocycles. The Kier molecular flexibility index (Phi) is 5.72. The van der Waals surface area contributed by atoms with Crippen LogP contribution in [0.5, 0.6) is 0 Å². The molecule has 1 heterocycles. The van der Waals surface area contributed by atoms with Gasteiger partial charge in [-0.05, 0) is 54.3 Å². The van der Waals surface area contributed by atoms with Crippen LogP contribution in [0.15, 0.2) is 59.1 Å². The predicted molar refractivity (Wildman–Crippen MR) is 123 cm³/mol. The summed E-state index contributed by atoms with van der Waals surface area (Å²) in [6, 6.07) is 21.8. The molecule has 2 N–H and O–H groups in total. The molecule has 0 spiro atoms. The van der Waals surface area contributed by atoms with E-state index >= 15 is 0 Å². The third kappa shape index (κ3) is 3.82. The zero-order valence-electron chi connectivity index (χ0n) is 16.5. The van der Waals surface area contributed by atoms with E-state index in [2.05, 4.69) is 63.8 Å². The van der Waals surface area contributed by atoms with Gasteiger partial charge in [0.25, 0.3) is 0 Å². The highest BCUT2D eigenvalue weighted by molar-refractivity contribution is 9.10. The van der Waals surface area contributed by atoms with Crippen molar-refractivity contribution >= 4 is 43.6 Å². The molecule has 1 radical (unpaired) electrons. The summed E-state index contributed by atoms with van der Waals surface area (Å²) in [5.41, 5.74) is 10.8. The largest absolute Gasteiger partial charge is 0.366 e. The molecule has 0 unspecified atom stereocenters. The molecule has 0 saturated carbocycles. The molecule has 1 amide bonds. The molecule has 3 aromatic carbocycles. The predicted octanol–water partition coefficient (Wildman–Crippen LogP) is 6.24. The fraction of sp³-hybridized carbons (Fsp3) is 0.240. The van der Waals surface area contributed by atoms with Gasteiger partial charge in [-0.25, -0.2) is 0 Å². The lowest BCUT2D eigenvalue weighted by atomic mass is 10.0.